The van der Waals surface area contributed by atoms with E-state index in [1.165, 1.54) is 13.6 Å². The molecule has 46 heavy (non-hydrogen) atoms. The van der Waals surface area contributed by atoms with Gasteiger partial charge in [-0.2, -0.15) is 5.26 Å². The first kappa shape index (κ1) is 33.8. The second-order valence-corrected chi connectivity index (χ2v) is 18.8. The van der Waals surface area contributed by atoms with E-state index < -0.39 is 19.5 Å². The van der Waals surface area contributed by atoms with Crippen LogP contribution in [0.25, 0.3) is 11.3 Å². The number of hydrogen-bond donors (Lipinski definition) is 1. The summed E-state index contributed by atoms with van der Waals surface area (Å²) in [5.74, 6) is -0.249. The van der Waals surface area contributed by atoms with E-state index in [-0.39, 0.29) is 22.8 Å². The Morgan fingerprint density at radius 1 is 1.26 bits per heavy atom. The lowest BCUT2D eigenvalue weighted by atomic mass is 9.83. The zero-order valence-corrected chi connectivity index (χ0v) is 28.7. The Hall–Kier alpha value is -3.57. The Balaban J connectivity index is 1.52. The zero-order chi connectivity index (χ0) is 33.3. The van der Waals surface area contributed by atoms with E-state index >= 15 is 4.39 Å². The summed E-state index contributed by atoms with van der Waals surface area (Å²) in [6.07, 6.45) is 4.64. The van der Waals surface area contributed by atoms with Gasteiger partial charge >= 0.3 is 7.41 Å². The molecular weight excluding hydrogens is 626 g/mol. The molecule has 4 heterocycles. The average molecular weight is 664 g/mol. The van der Waals surface area contributed by atoms with Crippen LogP contribution in [0.4, 0.5) is 21.7 Å². The molecule has 1 atom stereocenters. The van der Waals surface area contributed by atoms with Crippen molar-refractivity contribution in [3.05, 3.63) is 52.6 Å². The summed E-state index contributed by atoms with van der Waals surface area (Å²) in [6.45, 7) is 14.9. The first-order valence-corrected chi connectivity index (χ1v) is 18.5. The molecule has 1 N–H and O–H groups in total. The Kier molecular flexibility index (Phi) is 9.75. The molecular formula is C32H38BClFN6O4Si. The van der Waals surface area contributed by atoms with Gasteiger partial charge in [0, 0.05) is 48.9 Å². The fourth-order valence-corrected chi connectivity index (χ4v) is 6.63. The first-order chi connectivity index (χ1) is 21.7. The molecule has 1 unspecified atom stereocenters. The molecule has 0 bridgehead atoms. The second kappa shape index (κ2) is 13.3. The van der Waals surface area contributed by atoms with Crippen LogP contribution >= 0.6 is 11.6 Å². The number of ether oxygens (including phenoxy) is 2. The molecule has 0 spiro atoms. The van der Waals surface area contributed by atoms with Crippen molar-refractivity contribution in [2.45, 2.75) is 70.2 Å². The van der Waals surface area contributed by atoms with E-state index in [1.807, 2.05) is 13.0 Å². The highest BCUT2D eigenvalue weighted by Crippen LogP contribution is 2.46. The molecule has 0 amide bonds. The first-order valence-electron chi connectivity index (χ1n) is 15.2. The van der Waals surface area contributed by atoms with E-state index in [1.54, 1.807) is 16.9 Å². The summed E-state index contributed by atoms with van der Waals surface area (Å²) in [7, 11) is -0.721. The molecule has 0 saturated carbocycles. The number of aromatic nitrogens is 3. The van der Waals surface area contributed by atoms with Gasteiger partial charge in [0.2, 0.25) is 11.8 Å². The van der Waals surface area contributed by atoms with Gasteiger partial charge < -0.3 is 28.8 Å². The summed E-state index contributed by atoms with van der Waals surface area (Å²) < 4.78 is 33.7. The summed E-state index contributed by atoms with van der Waals surface area (Å²) >= 11 is 6.26. The molecule has 1 saturated heterocycles. The van der Waals surface area contributed by atoms with Crippen LogP contribution in [0, 0.1) is 17.1 Å². The van der Waals surface area contributed by atoms with Gasteiger partial charge in [-0.3, -0.25) is 0 Å². The maximum absolute atomic E-state index is 15.5. The summed E-state index contributed by atoms with van der Waals surface area (Å²) in [5.41, 5.74) is 1.90. The highest BCUT2D eigenvalue weighted by atomic mass is 35.5. The highest BCUT2D eigenvalue weighted by Gasteiger charge is 2.45. The summed E-state index contributed by atoms with van der Waals surface area (Å²) in [5, 5.41) is 13.7. The largest absolute Gasteiger partial charge is 0.473 e. The quantitative estimate of drug-likeness (QED) is 0.192. The molecule has 2 aliphatic heterocycles. The highest BCUT2D eigenvalue weighted by molar-refractivity contribution is 6.74. The maximum atomic E-state index is 15.5. The standard InChI is InChI=1S/C32H38BClFN6O4Si/c1-31(2,3)46(5,6)44-18-32(4)17-41(33-19-42)28-21(14-36)11-20(12-24(28)32)27-25(35)16-38-30(40-27)39-26-13-22(34)15-37-29(26)45-23-7-9-43-10-8-23/h11-13,15-16,19,23H,7-10,17-18H2,1-6H3,(H,38,39,40). The monoisotopic (exact) mass is 663 g/mol. The number of carbonyl (C=O) groups excluding carboxylic acids is 1. The third-order valence-electron chi connectivity index (χ3n) is 9.01. The Morgan fingerprint density at radius 3 is 2.67 bits per heavy atom. The van der Waals surface area contributed by atoms with Crippen LogP contribution in [0.15, 0.2) is 30.6 Å². The summed E-state index contributed by atoms with van der Waals surface area (Å²) in [4.78, 5) is 26.4. The van der Waals surface area contributed by atoms with Crippen LogP contribution in [0.3, 0.4) is 0 Å². The lowest BCUT2D eigenvalue weighted by Gasteiger charge is -2.39. The van der Waals surface area contributed by atoms with E-state index in [0.29, 0.717) is 66.0 Å². The van der Waals surface area contributed by atoms with Gasteiger partial charge in [0.05, 0.1) is 30.0 Å². The van der Waals surface area contributed by atoms with E-state index in [9.17, 15) is 10.1 Å². The minimum Gasteiger partial charge on any atom is -0.473 e. The number of anilines is 3. The van der Waals surface area contributed by atoms with Crippen molar-refractivity contribution in [2.75, 3.05) is 36.5 Å². The van der Waals surface area contributed by atoms with Crippen molar-refractivity contribution in [1.29, 1.82) is 5.26 Å². The van der Waals surface area contributed by atoms with Gasteiger partial charge in [0.1, 0.15) is 29.7 Å². The number of rotatable bonds is 10. The van der Waals surface area contributed by atoms with E-state index in [2.05, 4.69) is 60.2 Å². The molecule has 1 fully saturated rings. The van der Waals surface area contributed by atoms with Crippen LogP contribution in [-0.4, -0.2) is 69.3 Å². The lowest BCUT2D eigenvalue weighted by molar-refractivity contribution is 0.0240. The molecule has 3 aromatic rings. The van der Waals surface area contributed by atoms with E-state index in [4.69, 9.17) is 25.5 Å². The number of fused-ring (bicyclic) bond motifs is 1. The molecule has 2 aliphatic rings. The number of benzene rings is 1. The molecule has 0 aliphatic carbocycles. The van der Waals surface area contributed by atoms with Gasteiger partial charge in [-0.25, -0.2) is 19.3 Å². The number of carbonyl (C=O) groups is 1. The van der Waals surface area contributed by atoms with Gasteiger partial charge in [0.15, 0.2) is 14.1 Å². The van der Waals surface area contributed by atoms with E-state index in [0.717, 1.165) is 24.6 Å². The predicted molar refractivity (Wildman–Crippen MR) is 179 cm³/mol. The third-order valence-corrected chi connectivity index (χ3v) is 13.7. The number of nitrogens with one attached hydrogen (secondary N) is 1. The smallest absolute Gasteiger partial charge is 0.329 e. The van der Waals surface area contributed by atoms with Gasteiger partial charge in [-0.1, -0.05) is 39.3 Å². The topological polar surface area (TPSA) is 122 Å². The van der Waals surface area contributed by atoms with Crippen molar-refractivity contribution in [1.82, 2.24) is 15.0 Å². The van der Waals surface area contributed by atoms with Crippen molar-refractivity contribution in [3.8, 4) is 23.2 Å². The van der Waals surface area contributed by atoms with Crippen LogP contribution < -0.4 is 14.9 Å². The van der Waals surface area contributed by atoms with Crippen molar-refractivity contribution in [3.63, 3.8) is 0 Å². The SMILES string of the molecule is CC1(CO[Si](C)(C)C(C)(C)C)CN([B]C=O)c2c(C#N)cc(-c3nc(Nc4cc(Cl)cnc4OC4CCOCC4)ncc3F)cc21. The number of nitriles is 1. The fraction of sp³-hybridized carbons (Fsp3) is 0.469. The molecule has 241 valence electrons. The normalized spacial score (nSPS) is 18.5. The van der Waals surface area contributed by atoms with Crippen LogP contribution in [0.5, 0.6) is 5.88 Å². The van der Waals surface area contributed by atoms with Crippen molar-refractivity contribution in [2.24, 2.45) is 0 Å². The van der Waals surface area contributed by atoms with Gasteiger partial charge in [0.25, 0.3) is 0 Å². The number of pyridine rings is 1. The minimum atomic E-state index is -2.14. The summed E-state index contributed by atoms with van der Waals surface area (Å²) in [6, 6.07) is 7.31. The lowest BCUT2D eigenvalue weighted by Crippen LogP contribution is -2.46. The average Bonchev–Trinajstić information content (AvgIpc) is 3.29. The van der Waals surface area contributed by atoms with Crippen LogP contribution in [-0.2, 0) is 19.4 Å². The van der Waals surface area contributed by atoms with Crippen LogP contribution in [0.1, 0.15) is 51.7 Å². The molecule has 2 aromatic heterocycles. The van der Waals surface area contributed by atoms with Crippen LogP contribution in [0.2, 0.25) is 23.2 Å². The Labute approximate surface area is 276 Å². The molecule has 1 radical (unpaired) electrons. The maximum Gasteiger partial charge on any atom is 0.329 e. The number of halogens is 2. The molecule has 10 nitrogen and oxygen atoms in total. The molecule has 5 rings (SSSR count). The Bertz CT molecular complexity index is 1660. The number of nitrogens with zero attached hydrogens (tertiary/aromatic N) is 5. The van der Waals surface area contributed by atoms with Crippen molar-refractivity contribution < 1.29 is 23.1 Å². The van der Waals surface area contributed by atoms with Gasteiger partial charge in [-0.05, 0) is 41.9 Å². The molecule has 1 aromatic carbocycles. The van der Waals surface area contributed by atoms with Crippen molar-refractivity contribution >= 4 is 50.8 Å². The predicted octanol–water partition coefficient (Wildman–Crippen LogP) is 6.41. The number of hydrogen-bond acceptors (Lipinski definition) is 10. The molecule has 14 heteroatoms. The minimum absolute atomic E-state index is 0.00386. The second-order valence-electron chi connectivity index (χ2n) is 13.5. The zero-order valence-electron chi connectivity index (χ0n) is 27.0. The third kappa shape index (κ3) is 7.05. The Morgan fingerprint density at radius 2 is 2.00 bits per heavy atom. The van der Waals surface area contributed by atoms with Gasteiger partial charge in [-0.15, -0.1) is 0 Å². The fourth-order valence-electron chi connectivity index (χ4n) is 5.36.